The van der Waals surface area contributed by atoms with E-state index in [1.165, 1.54) is 19.2 Å². The van der Waals surface area contributed by atoms with E-state index in [1.54, 1.807) is 6.07 Å². The molecule has 0 aliphatic carbocycles. The van der Waals surface area contributed by atoms with Crippen molar-refractivity contribution in [3.8, 4) is 5.75 Å². The SMILES string of the molecule is COC(=O)COc1ccc(CN2CCNCC2)cc1[N+](=O)[O-]. The summed E-state index contributed by atoms with van der Waals surface area (Å²) in [5, 5.41) is 14.4. The fourth-order valence-corrected chi connectivity index (χ4v) is 2.25. The Bertz CT molecular complexity index is 543. The Morgan fingerprint density at radius 1 is 1.41 bits per heavy atom. The number of carbonyl (C=O) groups is 1. The molecule has 1 aliphatic rings. The minimum absolute atomic E-state index is 0.0689. The quantitative estimate of drug-likeness (QED) is 0.466. The molecule has 1 aromatic carbocycles. The summed E-state index contributed by atoms with van der Waals surface area (Å²) in [6, 6.07) is 4.80. The van der Waals surface area contributed by atoms with Crippen LogP contribution in [-0.4, -0.2) is 55.7 Å². The third-order valence-electron chi connectivity index (χ3n) is 3.41. The molecular weight excluding hydrogens is 290 g/mol. The van der Waals surface area contributed by atoms with E-state index in [2.05, 4.69) is 15.0 Å². The number of methoxy groups -OCH3 is 1. The molecule has 1 fully saturated rings. The second kappa shape index (κ2) is 7.71. The Morgan fingerprint density at radius 3 is 2.77 bits per heavy atom. The second-order valence-electron chi connectivity index (χ2n) is 4.95. The molecule has 1 aliphatic heterocycles. The van der Waals surface area contributed by atoms with E-state index in [-0.39, 0.29) is 18.0 Å². The third kappa shape index (κ3) is 4.40. The first kappa shape index (κ1) is 16.2. The molecule has 1 N–H and O–H groups in total. The number of ether oxygens (including phenoxy) is 2. The minimum Gasteiger partial charge on any atom is -0.475 e. The number of hydrogen-bond acceptors (Lipinski definition) is 7. The van der Waals surface area contributed by atoms with Crippen molar-refractivity contribution in [2.24, 2.45) is 0 Å². The molecule has 0 radical (unpaired) electrons. The Morgan fingerprint density at radius 2 is 2.14 bits per heavy atom. The van der Waals surface area contributed by atoms with Crippen LogP contribution in [0.15, 0.2) is 18.2 Å². The first-order valence-electron chi connectivity index (χ1n) is 7.00. The molecule has 0 amide bonds. The van der Waals surface area contributed by atoms with Crippen LogP contribution < -0.4 is 10.1 Å². The normalized spacial score (nSPS) is 15.3. The highest BCUT2D eigenvalue weighted by Crippen LogP contribution is 2.28. The molecule has 0 spiro atoms. The molecule has 1 heterocycles. The highest BCUT2D eigenvalue weighted by molar-refractivity contribution is 5.71. The van der Waals surface area contributed by atoms with Crippen LogP contribution in [0.25, 0.3) is 0 Å². The van der Waals surface area contributed by atoms with E-state index in [9.17, 15) is 14.9 Å². The molecule has 0 aromatic heterocycles. The number of nitro groups is 1. The van der Waals surface area contributed by atoms with E-state index >= 15 is 0 Å². The van der Waals surface area contributed by atoms with Gasteiger partial charge in [-0.2, -0.15) is 0 Å². The van der Waals surface area contributed by atoms with E-state index in [1.807, 2.05) is 0 Å². The summed E-state index contributed by atoms with van der Waals surface area (Å²) in [7, 11) is 1.23. The molecule has 120 valence electrons. The number of hydrogen-bond donors (Lipinski definition) is 1. The molecule has 0 bridgehead atoms. The number of nitrogens with zero attached hydrogens (tertiary/aromatic N) is 2. The zero-order chi connectivity index (χ0) is 15.9. The van der Waals surface area contributed by atoms with Crippen molar-refractivity contribution in [3.05, 3.63) is 33.9 Å². The van der Waals surface area contributed by atoms with Gasteiger partial charge in [-0.1, -0.05) is 6.07 Å². The second-order valence-corrected chi connectivity index (χ2v) is 4.95. The zero-order valence-electron chi connectivity index (χ0n) is 12.4. The van der Waals surface area contributed by atoms with Crippen LogP contribution in [0.3, 0.4) is 0 Å². The molecule has 0 unspecified atom stereocenters. The average molecular weight is 309 g/mol. The molecular formula is C14H19N3O5. The summed E-state index contributed by atoms with van der Waals surface area (Å²) in [6.07, 6.45) is 0. The van der Waals surface area contributed by atoms with Crippen molar-refractivity contribution in [3.63, 3.8) is 0 Å². The van der Waals surface area contributed by atoms with E-state index in [4.69, 9.17) is 4.74 Å². The van der Waals surface area contributed by atoms with Crippen molar-refractivity contribution in [2.45, 2.75) is 6.54 Å². The maximum atomic E-state index is 11.2. The van der Waals surface area contributed by atoms with E-state index < -0.39 is 10.9 Å². The number of carbonyl (C=O) groups excluding carboxylic acids is 1. The van der Waals surface area contributed by atoms with Crippen LogP contribution >= 0.6 is 0 Å². The number of rotatable bonds is 6. The van der Waals surface area contributed by atoms with Crippen LogP contribution in [0.4, 0.5) is 5.69 Å². The molecule has 1 saturated heterocycles. The van der Waals surface area contributed by atoms with Gasteiger partial charge in [0.05, 0.1) is 12.0 Å². The maximum Gasteiger partial charge on any atom is 0.343 e. The average Bonchev–Trinajstić information content (AvgIpc) is 2.54. The summed E-state index contributed by atoms with van der Waals surface area (Å²) < 4.78 is 9.61. The third-order valence-corrected chi connectivity index (χ3v) is 3.41. The lowest BCUT2D eigenvalue weighted by Crippen LogP contribution is -2.42. The Kier molecular flexibility index (Phi) is 5.68. The molecule has 0 atom stereocenters. The van der Waals surface area contributed by atoms with Crippen molar-refractivity contribution < 1.29 is 19.2 Å². The van der Waals surface area contributed by atoms with Gasteiger partial charge in [0.25, 0.3) is 0 Å². The van der Waals surface area contributed by atoms with Gasteiger partial charge in [0.1, 0.15) is 0 Å². The van der Waals surface area contributed by atoms with E-state index in [0.29, 0.717) is 6.54 Å². The van der Waals surface area contributed by atoms with Gasteiger partial charge in [0.15, 0.2) is 12.4 Å². The summed E-state index contributed by atoms with van der Waals surface area (Å²) >= 11 is 0. The Hall–Kier alpha value is -2.19. The lowest BCUT2D eigenvalue weighted by molar-refractivity contribution is -0.385. The van der Waals surface area contributed by atoms with Gasteiger partial charge in [0, 0.05) is 38.8 Å². The van der Waals surface area contributed by atoms with Crippen LogP contribution in [0.5, 0.6) is 5.75 Å². The van der Waals surface area contributed by atoms with Crippen LogP contribution in [0.2, 0.25) is 0 Å². The van der Waals surface area contributed by atoms with Gasteiger partial charge in [-0.05, 0) is 11.6 Å². The van der Waals surface area contributed by atoms with Gasteiger partial charge < -0.3 is 14.8 Å². The lowest BCUT2D eigenvalue weighted by atomic mass is 10.1. The molecule has 1 aromatic rings. The van der Waals surface area contributed by atoms with Crippen molar-refractivity contribution >= 4 is 11.7 Å². The fourth-order valence-electron chi connectivity index (χ4n) is 2.25. The predicted octanol–water partition coefficient (Wildman–Crippen LogP) is 0.552. The number of piperazine rings is 1. The van der Waals surface area contributed by atoms with Crippen molar-refractivity contribution in [2.75, 3.05) is 39.9 Å². The minimum atomic E-state index is -0.584. The van der Waals surface area contributed by atoms with Crippen LogP contribution in [0.1, 0.15) is 5.56 Å². The number of esters is 1. The lowest BCUT2D eigenvalue weighted by Gasteiger charge is -2.27. The van der Waals surface area contributed by atoms with Gasteiger partial charge in [-0.25, -0.2) is 4.79 Å². The smallest absolute Gasteiger partial charge is 0.343 e. The Labute approximate surface area is 128 Å². The fraction of sp³-hybridized carbons (Fsp3) is 0.500. The summed E-state index contributed by atoms with van der Waals surface area (Å²) in [5.74, 6) is -0.515. The van der Waals surface area contributed by atoms with Gasteiger partial charge in [-0.3, -0.25) is 15.0 Å². The molecule has 22 heavy (non-hydrogen) atoms. The summed E-state index contributed by atoms with van der Waals surface area (Å²) in [4.78, 5) is 24.0. The predicted molar refractivity (Wildman–Crippen MR) is 78.8 cm³/mol. The van der Waals surface area contributed by atoms with Gasteiger partial charge >= 0.3 is 11.7 Å². The van der Waals surface area contributed by atoms with Gasteiger partial charge in [-0.15, -0.1) is 0 Å². The molecule has 2 rings (SSSR count). The highest BCUT2D eigenvalue weighted by atomic mass is 16.6. The number of benzene rings is 1. The summed E-state index contributed by atoms with van der Waals surface area (Å²) in [6.45, 7) is 3.96. The topological polar surface area (TPSA) is 93.9 Å². The highest BCUT2D eigenvalue weighted by Gasteiger charge is 2.18. The summed E-state index contributed by atoms with van der Waals surface area (Å²) in [5.41, 5.74) is 0.704. The molecule has 8 heteroatoms. The van der Waals surface area contributed by atoms with Crippen molar-refractivity contribution in [1.82, 2.24) is 10.2 Å². The number of nitrogens with one attached hydrogen (secondary N) is 1. The standard InChI is InChI=1S/C14H19N3O5/c1-21-14(18)10-22-13-3-2-11(8-12(13)17(19)20)9-16-6-4-15-5-7-16/h2-3,8,15H,4-7,9-10H2,1H3. The van der Waals surface area contributed by atoms with Gasteiger partial charge in [0.2, 0.25) is 0 Å². The first-order chi connectivity index (χ1) is 10.6. The van der Waals surface area contributed by atoms with E-state index in [0.717, 1.165) is 31.7 Å². The Balaban J connectivity index is 2.08. The van der Waals surface area contributed by atoms with Crippen molar-refractivity contribution in [1.29, 1.82) is 0 Å². The number of nitro benzene ring substituents is 1. The first-order valence-corrected chi connectivity index (χ1v) is 7.00. The monoisotopic (exact) mass is 309 g/mol. The maximum absolute atomic E-state index is 11.2. The molecule has 0 saturated carbocycles. The largest absolute Gasteiger partial charge is 0.475 e. The van der Waals surface area contributed by atoms with Crippen LogP contribution in [0, 0.1) is 10.1 Å². The zero-order valence-corrected chi connectivity index (χ0v) is 12.4. The molecule has 8 nitrogen and oxygen atoms in total. The van der Waals surface area contributed by atoms with Crippen LogP contribution in [-0.2, 0) is 16.1 Å².